The summed E-state index contributed by atoms with van der Waals surface area (Å²) in [6, 6.07) is 5.17. The highest BCUT2D eigenvalue weighted by Crippen LogP contribution is 2.27. The second-order valence-corrected chi connectivity index (χ2v) is 5.05. The number of aromatic carboxylic acids is 1. The molecule has 1 heterocycles. The number of nitrogens with zero attached hydrogens (tertiary/aromatic N) is 1. The Kier molecular flexibility index (Phi) is 3.57. The topological polar surface area (TPSA) is 40.5 Å². The molecule has 1 aliphatic heterocycles. The second-order valence-electron chi connectivity index (χ2n) is 4.64. The van der Waals surface area contributed by atoms with Crippen LogP contribution in [-0.2, 0) is 0 Å². The molecule has 1 aromatic rings. The number of carboxylic acids is 1. The van der Waals surface area contributed by atoms with Crippen LogP contribution >= 0.6 is 11.6 Å². The van der Waals surface area contributed by atoms with Gasteiger partial charge >= 0.3 is 5.97 Å². The van der Waals surface area contributed by atoms with Gasteiger partial charge in [0.05, 0.1) is 10.6 Å². The van der Waals surface area contributed by atoms with Crippen LogP contribution in [0.2, 0.25) is 5.02 Å². The minimum atomic E-state index is -0.978. The first-order valence-electron chi connectivity index (χ1n) is 5.85. The zero-order chi connectivity index (χ0) is 12.4. The van der Waals surface area contributed by atoms with Crippen LogP contribution in [-0.4, -0.2) is 24.2 Å². The first-order chi connectivity index (χ1) is 8.08. The number of benzene rings is 1. The third-order valence-corrected chi connectivity index (χ3v) is 3.64. The minimum absolute atomic E-state index is 0.167. The molecule has 0 spiro atoms. The van der Waals surface area contributed by atoms with E-state index in [0.29, 0.717) is 5.02 Å². The fourth-order valence-electron chi connectivity index (χ4n) is 2.14. The minimum Gasteiger partial charge on any atom is -0.478 e. The van der Waals surface area contributed by atoms with Gasteiger partial charge in [-0.15, -0.1) is 0 Å². The smallest absolute Gasteiger partial charge is 0.337 e. The molecule has 1 saturated heterocycles. The molecule has 0 unspecified atom stereocenters. The van der Waals surface area contributed by atoms with E-state index in [4.69, 9.17) is 16.7 Å². The summed E-state index contributed by atoms with van der Waals surface area (Å²) >= 11 is 5.96. The molecule has 0 aliphatic carbocycles. The lowest BCUT2D eigenvalue weighted by Gasteiger charge is -2.32. The van der Waals surface area contributed by atoms with E-state index >= 15 is 0 Å². The van der Waals surface area contributed by atoms with E-state index in [1.807, 2.05) is 6.07 Å². The van der Waals surface area contributed by atoms with Crippen molar-refractivity contribution < 1.29 is 9.90 Å². The maximum atomic E-state index is 10.9. The number of rotatable bonds is 2. The molecule has 1 N–H and O–H groups in total. The van der Waals surface area contributed by atoms with E-state index in [1.54, 1.807) is 12.1 Å². The Morgan fingerprint density at radius 3 is 2.59 bits per heavy atom. The number of halogens is 1. The van der Waals surface area contributed by atoms with E-state index in [1.165, 1.54) is 12.8 Å². The highest BCUT2D eigenvalue weighted by molar-refractivity contribution is 6.33. The number of carbonyl (C=O) groups is 1. The highest BCUT2D eigenvalue weighted by Gasteiger charge is 2.17. The number of piperidine rings is 1. The molecule has 4 heteroatoms. The Bertz CT molecular complexity index is 425. The Labute approximate surface area is 106 Å². The fraction of sp³-hybridized carbons (Fsp3) is 0.462. The first-order valence-corrected chi connectivity index (χ1v) is 6.23. The monoisotopic (exact) mass is 253 g/mol. The summed E-state index contributed by atoms with van der Waals surface area (Å²) < 4.78 is 0. The van der Waals surface area contributed by atoms with Crippen molar-refractivity contribution in [2.24, 2.45) is 5.92 Å². The van der Waals surface area contributed by atoms with Gasteiger partial charge in [0.25, 0.3) is 0 Å². The fourth-order valence-corrected chi connectivity index (χ4v) is 2.40. The summed E-state index contributed by atoms with van der Waals surface area (Å²) in [5, 5.41) is 9.22. The molecule has 0 saturated carbocycles. The normalized spacial score (nSPS) is 17.2. The van der Waals surface area contributed by atoms with Crippen LogP contribution in [0.1, 0.15) is 30.1 Å². The van der Waals surface area contributed by atoms with Gasteiger partial charge in [0.1, 0.15) is 0 Å². The van der Waals surface area contributed by atoms with Crippen LogP contribution in [0.3, 0.4) is 0 Å². The predicted octanol–water partition coefficient (Wildman–Crippen LogP) is 3.27. The van der Waals surface area contributed by atoms with Gasteiger partial charge in [0.15, 0.2) is 0 Å². The summed E-state index contributed by atoms with van der Waals surface area (Å²) in [6.45, 7) is 4.30. The molecule has 92 valence electrons. The maximum Gasteiger partial charge on any atom is 0.337 e. The lowest BCUT2D eigenvalue weighted by atomic mass is 9.99. The number of hydrogen-bond donors (Lipinski definition) is 1. The molecule has 17 heavy (non-hydrogen) atoms. The standard InChI is InChI=1S/C13H16ClNO2/c1-9-4-6-15(7-5-9)10-2-3-11(13(16)17)12(14)8-10/h2-3,8-9H,4-7H2,1H3,(H,16,17). The van der Waals surface area contributed by atoms with Crippen molar-refractivity contribution >= 4 is 23.3 Å². The van der Waals surface area contributed by atoms with Crippen molar-refractivity contribution in [3.8, 4) is 0 Å². The quantitative estimate of drug-likeness (QED) is 0.879. The SMILES string of the molecule is CC1CCN(c2ccc(C(=O)O)c(Cl)c2)CC1. The molecular formula is C13H16ClNO2. The van der Waals surface area contributed by atoms with Crippen molar-refractivity contribution in [2.45, 2.75) is 19.8 Å². The van der Waals surface area contributed by atoms with E-state index in [0.717, 1.165) is 24.7 Å². The molecule has 0 bridgehead atoms. The van der Waals surface area contributed by atoms with Crippen LogP contribution in [0, 0.1) is 5.92 Å². The first kappa shape index (κ1) is 12.2. The lowest BCUT2D eigenvalue weighted by Crippen LogP contribution is -2.32. The summed E-state index contributed by atoms with van der Waals surface area (Å²) in [7, 11) is 0. The van der Waals surface area contributed by atoms with Gasteiger partial charge in [-0.2, -0.15) is 0 Å². The van der Waals surface area contributed by atoms with E-state index in [-0.39, 0.29) is 5.56 Å². The van der Waals surface area contributed by atoms with Crippen LogP contribution in [0.5, 0.6) is 0 Å². The molecule has 0 amide bonds. The van der Waals surface area contributed by atoms with Gasteiger partial charge in [0, 0.05) is 18.8 Å². The summed E-state index contributed by atoms with van der Waals surface area (Å²) in [5.41, 5.74) is 1.19. The Balaban J connectivity index is 2.17. The Morgan fingerprint density at radius 2 is 2.06 bits per heavy atom. The molecule has 1 aromatic carbocycles. The number of carboxylic acid groups (broad SMARTS) is 1. The molecule has 2 rings (SSSR count). The molecular weight excluding hydrogens is 238 g/mol. The molecule has 0 atom stereocenters. The number of hydrogen-bond acceptors (Lipinski definition) is 2. The Hall–Kier alpha value is -1.22. The number of anilines is 1. The average molecular weight is 254 g/mol. The largest absolute Gasteiger partial charge is 0.478 e. The van der Waals surface area contributed by atoms with Crippen LogP contribution < -0.4 is 4.90 Å². The van der Waals surface area contributed by atoms with Crippen LogP contribution in [0.15, 0.2) is 18.2 Å². The van der Waals surface area contributed by atoms with Crippen LogP contribution in [0.25, 0.3) is 0 Å². The van der Waals surface area contributed by atoms with Crippen molar-refractivity contribution in [3.63, 3.8) is 0 Å². The summed E-state index contributed by atoms with van der Waals surface area (Å²) in [4.78, 5) is 13.1. The van der Waals surface area contributed by atoms with Crippen molar-refractivity contribution in [2.75, 3.05) is 18.0 Å². The maximum absolute atomic E-state index is 10.9. The van der Waals surface area contributed by atoms with Crippen molar-refractivity contribution in [1.82, 2.24) is 0 Å². The van der Waals surface area contributed by atoms with E-state index < -0.39 is 5.97 Å². The third kappa shape index (κ3) is 2.72. The van der Waals surface area contributed by atoms with Gasteiger partial charge < -0.3 is 10.0 Å². The van der Waals surface area contributed by atoms with Crippen molar-refractivity contribution in [3.05, 3.63) is 28.8 Å². The third-order valence-electron chi connectivity index (χ3n) is 3.33. The zero-order valence-corrected chi connectivity index (χ0v) is 10.6. The lowest BCUT2D eigenvalue weighted by molar-refractivity contribution is 0.0697. The molecule has 1 fully saturated rings. The van der Waals surface area contributed by atoms with Crippen molar-refractivity contribution in [1.29, 1.82) is 0 Å². The summed E-state index contributed by atoms with van der Waals surface area (Å²) in [5.74, 6) is -0.200. The summed E-state index contributed by atoms with van der Waals surface area (Å²) in [6.07, 6.45) is 2.36. The van der Waals surface area contributed by atoms with Gasteiger partial charge in [-0.1, -0.05) is 18.5 Å². The Morgan fingerprint density at radius 1 is 1.41 bits per heavy atom. The molecule has 0 aromatic heterocycles. The van der Waals surface area contributed by atoms with E-state index in [2.05, 4.69) is 11.8 Å². The van der Waals surface area contributed by atoms with E-state index in [9.17, 15) is 4.79 Å². The van der Waals surface area contributed by atoms with Crippen LogP contribution in [0.4, 0.5) is 5.69 Å². The molecule has 3 nitrogen and oxygen atoms in total. The highest BCUT2D eigenvalue weighted by atomic mass is 35.5. The average Bonchev–Trinajstić information content (AvgIpc) is 2.29. The van der Waals surface area contributed by atoms with Gasteiger partial charge in [-0.05, 0) is 37.0 Å². The zero-order valence-electron chi connectivity index (χ0n) is 9.82. The predicted molar refractivity (Wildman–Crippen MR) is 69.0 cm³/mol. The second kappa shape index (κ2) is 4.96. The molecule has 1 aliphatic rings. The van der Waals surface area contributed by atoms with Gasteiger partial charge in [-0.3, -0.25) is 0 Å². The van der Waals surface area contributed by atoms with Gasteiger partial charge in [0.2, 0.25) is 0 Å². The van der Waals surface area contributed by atoms with Gasteiger partial charge in [-0.25, -0.2) is 4.79 Å². The molecule has 0 radical (unpaired) electrons.